The number of hydrogen-bond acceptors (Lipinski definition) is 1. The Balaban J connectivity index is 2.02. The quantitative estimate of drug-likeness (QED) is 0.720. The van der Waals surface area contributed by atoms with Crippen molar-refractivity contribution in [3.8, 4) is 0 Å². The van der Waals surface area contributed by atoms with Gasteiger partial charge in [-0.3, -0.25) is 4.79 Å². The summed E-state index contributed by atoms with van der Waals surface area (Å²) in [5.74, 6) is 0.157. The molecule has 1 nitrogen and oxygen atoms in total. The van der Waals surface area contributed by atoms with E-state index in [0.29, 0.717) is 0 Å². The number of ketones is 1. The zero-order chi connectivity index (χ0) is 12.5. The van der Waals surface area contributed by atoms with Gasteiger partial charge in [-0.15, -0.1) is 0 Å². The third-order valence-electron chi connectivity index (χ3n) is 3.55. The average molecular weight is 234 g/mol. The molecule has 18 heavy (non-hydrogen) atoms. The average Bonchev–Trinajstić information content (AvgIpc) is 2.77. The molecule has 0 radical (unpaired) electrons. The molecule has 0 unspecified atom stereocenters. The van der Waals surface area contributed by atoms with Gasteiger partial charge in [-0.1, -0.05) is 54.6 Å². The molecule has 0 fully saturated rings. The van der Waals surface area contributed by atoms with Crippen molar-refractivity contribution >= 4 is 11.4 Å². The van der Waals surface area contributed by atoms with Gasteiger partial charge in [0, 0.05) is 17.6 Å². The van der Waals surface area contributed by atoms with Gasteiger partial charge in [0.05, 0.1) is 0 Å². The Labute approximate surface area is 107 Å². The van der Waals surface area contributed by atoms with Gasteiger partial charge in [0.25, 0.3) is 0 Å². The lowest BCUT2D eigenvalue weighted by molar-refractivity contribution is 0.103. The highest BCUT2D eigenvalue weighted by atomic mass is 16.1. The van der Waals surface area contributed by atoms with E-state index < -0.39 is 0 Å². The molecule has 0 atom stereocenters. The number of hydrogen-bond donors (Lipinski definition) is 0. The minimum Gasteiger partial charge on any atom is -0.289 e. The van der Waals surface area contributed by atoms with Crippen LogP contribution in [0.15, 0.2) is 60.2 Å². The van der Waals surface area contributed by atoms with E-state index in [9.17, 15) is 4.79 Å². The highest BCUT2D eigenvalue weighted by Gasteiger charge is 2.23. The Kier molecular flexibility index (Phi) is 2.60. The predicted molar refractivity (Wildman–Crippen MR) is 73.5 cm³/mol. The van der Waals surface area contributed by atoms with E-state index in [1.165, 1.54) is 11.1 Å². The third-order valence-corrected chi connectivity index (χ3v) is 3.55. The molecule has 2 aromatic carbocycles. The van der Waals surface area contributed by atoms with Crippen LogP contribution in [0.25, 0.3) is 5.57 Å². The lowest BCUT2D eigenvalue weighted by Crippen LogP contribution is -2.04. The summed E-state index contributed by atoms with van der Waals surface area (Å²) in [5, 5.41) is 0. The van der Waals surface area contributed by atoms with Gasteiger partial charge < -0.3 is 0 Å². The Morgan fingerprint density at radius 3 is 2.33 bits per heavy atom. The molecule has 0 saturated carbocycles. The molecular weight excluding hydrogens is 220 g/mol. The Hall–Kier alpha value is -2.15. The van der Waals surface area contributed by atoms with Crippen LogP contribution >= 0.6 is 0 Å². The van der Waals surface area contributed by atoms with Gasteiger partial charge in [-0.05, 0) is 23.6 Å². The SMILES string of the molecule is CC1=C(C(=O)c2ccccc2)Cc2ccccc21. The van der Waals surface area contributed by atoms with Crippen LogP contribution in [0.5, 0.6) is 0 Å². The molecule has 0 N–H and O–H groups in total. The number of carbonyl (C=O) groups excluding carboxylic acids is 1. The van der Waals surface area contributed by atoms with Crippen molar-refractivity contribution in [3.63, 3.8) is 0 Å². The second-order valence-corrected chi connectivity index (χ2v) is 4.63. The van der Waals surface area contributed by atoms with Crippen LogP contribution in [0.1, 0.15) is 28.4 Å². The first-order chi connectivity index (χ1) is 8.77. The smallest absolute Gasteiger partial charge is 0.189 e. The van der Waals surface area contributed by atoms with Gasteiger partial charge in [-0.2, -0.15) is 0 Å². The molecule has 1 heteroatoms. The van der Waals surface area contributed by atoms with Crippen molar-refractivity contribution in [2.45, 2.75) is 13.3 Å². The minimum absolute atomic E-state index is 0.157. The number of allylic oxidation sites excluding steroid dienone is 2. The minimum atomic E-state index is 0.157. The van der Waals surface area contributed by atoms with Gasteiger partial charge in [0.2, 0.25) is 0 Å². The normalized spacial score (nSPS) is 13.6. The fraction of sp³-hybridized carbons (Fsp3) is 0.118. The fourth-order valence-electron chi connectivity index (χ4n) is 2.54. The maximum absolute atomic E-state index is 12.5. The fourth-order valence-corrected chi connectivity index (χ4v) is 2.54. The van der Waals surface area contributed by atoms with Crippen molar-refractivity contribution in [3.05, 3.63) is 76.9 Å². The summed E-state index contributed by atoms with van der Waals surface area (Å²) < 4.78 is 0. The number of fused-ring (bicyclic) bond motifs is 1. The summed E-state index contributed by atoms with van der Waals surface area (Å²) in [6, 6.07) is 17.8. The zero-order valence-corrected chi connectivity index (χ0v) is 10.3. The monoisotopic (exact) mass is 234 g/mol. The molecule has 0 heterocycles. The molecule has 0 bridgehead atoms. The molecule has 0 aromatic heterocycles. The van der Waals surface area contributed by atoms with E-state index in [-0.39, 0.29) is 5.78 Å². The Morgan fingerprint density at radius 1 is 0.944 bits per heavy atom. The van der Waals surface area contributed by atoms with E-state index in [2.05, 4.69) is 12.1 Å². The summed E-state index contributed by atoms with van der Waals surface area (Å²) in [6.45, 7) is 2.04. The highest BCUT2D eigenvalue weighted by molar-refractivity contribution is 6.14. The van der Waals surface area contributed by atoms with Crippen LogP contribution < -0.4 is 0 Å². The van der Waals surface area contributed by atoms with Gasteiger partial charge in [0.15, 0.2) is 5.78 Å². The summed E-state index contributed by atoms with van der Waals surface area (Å²) in [4.78, 5) is 12.5. The molecule has 0 spiro atoms. The lowest BCUT2D eigenvalue weighted by atomic mass is 10.00. The van der Waals surface area contributed by atoms with Gasteiger partial charge >= 0.3 is 0 Å². The van der Waals surface area contributed by atoms with Gasteiger partial charge in [-0.25, -0.2) is 0 Å². The topological polar surface area (TPSA) is 17.1 Å². The third kappa shape index (κ3) is 1.68. The summed E-state index contributed by atoms with van der Waals surface area (Å²) in [6.07, 6.45) is 0.760. The van der Waals surface area contributed by atoms with Gasteiger partial charge in [0.1, 0.15) is 0 Å². The first kappa shape index (κ1) is 11.0. The largest absolute Gasteiger partial charge is 0.289 e. The second kappa shape index (κ2) is 4.26. The number of rotatable bonds is 2. The second-order valence-electron chi connectivity index (χ2n) is 4.63. The Bertz CT molecular complexity index is 636. The highest BCUT2D eigenvalue weighted by Crippen LogP contribution is 2.33. The molecular formula is C17H14O. The number of benzene rings is 2. The van der Waals surface area contributed by atoms with Crippen LogP contribution in [0.2, 0.25) is 0 Å². The number of carbonyl (C=O) groups is 1. The lowest BCUT2D eigenvalue weighted by Gasteiger charge is -2.03. The standard InChI is InChI=1S/C17H14O/c1-12-15-10-6-5-9-14(15)11-16(12)17(18)13-7-3-2-4-8-13/h2-10H,11H2,1H3. The summed E-state index contributed by atoms with van der Waals surface area (Å²) in [7, 11) is 0. The first-order valence-electron chi connectivity index (χ1n) is 6.15. The van der Waals surface area contributed by atoms with E-state index in [0.717, 1.165) is 23.1 Å². The maximum atomic E-state index is 12.5. The van der Waals surface area contributed by atoms with E-state index in [1.54, 1.807) is 0 Å². The van der Waals surface area contributed by atoms with Crippen molar-refractivity contribution in [1.29, 1.82) is 0 Å². The van der Waals surface area contributed by atoms with Crippen LogP contribution in [0, 0.1) is 0 Å². The van der Waals surface area contributed by atoms with Crippen LogP contribution in [-0.4, -0.2) is 5.78 Å². The first-order valence-corrected chi connectivity index (χ1v) is 6.15. The molecule has 0 amide bonds. The maximum Gasteiger partial charge on any atom is 0.189 e. The van der Waals surface area contributed by atoms with Crippen LogP contribution in [0.3, 0.4) is 0 Å². The van der Waals surface area contributed by atoms with E-state index >= 15 is 0 Å². The molecule has 2 aromatic rings. The van der Waals surface area contributed by atoms with E-state index in [4.69, 9.17) is 0 Å². The number of Topliss-reactive ketones (excluding diaryl/α,β-unsaturated/α-hetero) is 1. The van der Waals surface area contributed by atoms with Crippen molar-refractivity contribution in [2.75, 3.05) is 0 Å². The van der Waals surface area contributed by atoms with E-state index in [1.807, 2.05) is 49.4 Å². The molecule has 3 rings (SSSR count). The van der Waals surface area contributed by atoms with Crippen molar-refractivity contribution in [2.24, 2.45) is 0 Å². The Morgan fingerprint density at radius 2 is 1.61 bits per heavy atom. The molecule has 1 aliphatic carbocycles. The molecule has 88 valence electrons. The summed E-state index contributed by atoms with van der Waals surface area (Å²) >= 11 is 0. The molecule has 1 aliphatic rings. The molecule has 0 aliphatic heterocycles. The predicted octanol–water partition coefficient (Wildman–Crippen LogP) is 3.90. The van der Waals surface area contributed by atoms with Crippen molar-refractivity contribution in [1.82, 2.24) is 0 Å². The summed E-state index contributed by atoms with van der Waals surface area (Å²) in [5.41, 5.74) is 5.31. The van der Waals surface area contributed by atoms with Crippen molar-refractivity contribution < 1.29 is 4.79 Å². The van der Waals surface area contributed by atoms with Crippen LogP contribution in [0.4, 0.5) is 0 Å². The van der Waals surface area contributed by atoms with Crippen LogP contribution in [-0.2, 0) is 6.42 Å². The zero-order valence-electron chi connectivity index (χ0n) is 10.3. The molecule has 0 saturated heterocycles.